The van der Waals surface area contributed by atoms with E-state index < -0.39 is 5.56 Å². The van der Waals surface area contributed by atoms with Crippen LogP contribution >= 0.6 is 11.8 Å². The van der Waals surface area contributed by atoms with Crippen molar-refractivity contribution in [3.63, 3.8) is 0 Å². The van der Waals surface area contributed by atoms with Crippen molar-refractivity contribution in [1.29, 1.82) is 5.26 Å². The monoisotopic (exact) mass is 405 g/mol. The number of rotatable bonds is 7. The van der Waals surface area contributed by atoms with Crippen molar-refractivity contribution in [3.05, 3.63) is 82.1 Å². The SMILES string of the molecule is N#Cc1ccccc1NC(=O)CSc1nc(=O)cc(N)n1CCc1ccccc1. The molecule has 29 heavy (non-hydrogen) atoms. The summed E-state index contributed by atoms with van der Waals surface area (Å²) in [5, 5.41) is 12.2. The van der Waals surface area contributed by atoms with Gasteiger partial charge in [-0.2, -0.15) is 10.2 Å². The highest BCUT2D eigenvalue weighted by atomic mass is 32.2. The molecule has 0 spiro atoms. The number of carbonyl (C=O) groups excluding carboxylic acids is 1. The first-order valence-corrected chi connectivity index (χ1v) is 9.88. The lowest BCUT2D eigenvalue weighted by Crippen LogP contribution is -2.21. The number of nitrogens with zero attached hydrogens (tertiary/aromatic N) is 3. The summed E-state index contributed by atoms with van der Waals surface area (Å²) < 4.78 is 1.73. The van der Waals surface area contributed by atoms with Crippen LogP contribution < -0.4 is 16.6 Å². The van der Waals surface area contributed by atoms with Gasteiger partial charge >= 0.3 is 0 Å². The largest absolute Gasteiger partial charge is 0.385 e. The van der Waals surface area contributed by atoms with Crippen LogP contribution in [-0.4, -0.2) is 21.2 Å². The summed E-state index contributed by atoms with van der Waals surface area (Å²) in [5.74, 6) is 0.0312. The zero-order valence-corrected chi connectivity index (χ0v) is 16.4. The second kappa shape index (κ2) is 9.57. The van der Waals surface area contributed by atoms with E-state index in [0.717, 1.165) is 17.3 Å². The van der Waals surface area contributed by atoms with Crippen molar-refractivity contribution < 1.29 is 4.79 Å². The summed E-state index contributed by atoms with van der Waals surface area (Å²) in [5.41, 5.74) is 7.54. The smallest absolute Gasteiger partial charge is 0.275 e. The maximum atomic E-state index is 12.3. The first-order chi connectivity index (χ1) is 14.1. The Morgan fingerprint density at radius 1 is 1.17 bits per heavy atom. The molecule has 1 aromatic heterocycles. The maximum Gasteiger partial charge on any atom is 0.275 e. The average Bonchev–Trinajstić information content (AvgIpc) is 2.72. The van der Waals surface area contributed by atoms with Crippen LogP contribution in [0.15, 0.2) is 70.6 Å². The van der Waals surface area contributed by atoms with Crippen LogP contribution in [0.5, 0.6) is 0 Å². The molecule has 3 N–H and O–H groups in total. The van der Waals surface area contributed by atoms with Crippen molar-refractivity contribution in [2.24, 2.45) is 0 Å². The molecule has 8 heteroatoms. The van der Waals surface area contributed by atoms with Gasteiger partial charge in [-0.15, -0.1) is 0 Å². The first-order valence-electron chi connectivity index (χ1n) is 8.90. The van der Waals surface area contributed by atoms with Gasteiger partial charge in [-0.1, -0.05) is 54.2 Å². The third kappa shape index (κ3) is 5.46. The molecule has 0 fully saturated rings. The first kappa shape index (κ1) is 20.2. The number of aromatic nitrogens is 2. The molecule has 1 amide bonds. The Morgan fingerprint density at radius 3 is 2.66 bits per heavy atom. The summed E-state index contributed by atoms with van der Waals surface area (Å²) in [6, 6.07) is 20.0. The van der Waals surface area contributed by atoms with Crippen molar-refractivity contribution in [2.45, 2.75) is 18.1 Å². The van der Waals surface area contributed by atoms with Crippen LogP contribution in [0.25, 0.3) is 0 Å². The number of nitrogens with one attached hydrogen (secondary N) is 1. The number of nitrogen functional groups attached to an aromatic ring is 1. The molecule has 0 bridgehead atoms. The molecule has 0 atom stereocenters. The minimum atomic E-state index is -0.448. The molecule has 2 aromatic carbocycles. The quantitative estimate of drug-likeness (QED) is 0.461. The number of hydrogen-bond acceptors (Lipinski definition) is 6. The van der Waals surface area contributed by atoms with Crippen LogP contribution in [0.2, 0.25) is 0 Å². The molecule has 0 radical (unpaired) electrons. The van der Waals surface area contributed by atoms with Gasteiger partial charge in [0.25, 0.3) is 5.56 Å². The van der Waals surface area contributed by atoms with Gasteiger partial charge in [-0.3, -0.25) is 9.59 Å². The van der Waals surface area contributed by atoms with Crippen molar-refractivity contribution in [3.8, 4) is 6.07 Å². The Bertz CT molecular complexity index is 1110. The van der Waals surface area contributed by atoms with Gasteiger partial charge in [0.1, 0.15) is 11.9 Å². The Labute approximate surface area is 172 Å². The van der Waals surface area contributed by atoms with Crippen molar-refractivity contribution in [2.75, 3.05) is 16.8 Å². The fourth-order valence-corrected chi connectivity index (χ4v) is 3.57. The summed E-state index contributed by atoms with van der Waals surface area (Å²) in [6.45, 7) is 0.532. The molecule has 3 aromatic rings. The van der Waals surface area contributed by atoms with E-state index >= 15 is 0 Å². The second-order valence-electron chi connectivity index (χ2n) is 6.18. The zero-order valence-electron chi connectivity index (χ0n) is 15.5. The number of carbonyl (C=O) groups is 1. The van der Waals surface area contributed by atoms with Gasteiger partial charge in [-0.05, 0) is 24.1 Å². The molecule has 0 aliphatic heterocycles. The summed E-state index contributed by atoms with van der Waals surface area (Å²) in [6.07, 6.45) is 0.713. The fraction of sp³-hybridized carbons (Fsp3) is 0.143. The van der Waals surface area contributed by atoms with E-state index in [1.165, 1.54) is 6.07 Å². The topological polar surface area (TPSA) is 114 Å². The van der Waals surface area contributed by atoms with Crippen LogP contribution in [0.3, 0.4) is 0 Å². The summed E-state index contributed by atoms with van der Waals surface area (Å²) in [4.78, 5) is 28.1. The number of amides is 1. The van der Waals surface area contributed by atoms with Crippen molar-refractivity contribution >= 4 is 29.2 Å². The highest BCUT2D eigenvalue weighted by molar-refractivity contribution is 7.99. The van der Waals surface area contributed by atoms with Crippen LogP contribution in [-0.2, 0) is 17.8 Å². The molecule has 0 saturated carbocycles. The molecule has 7 nitrogen and oxygen atoms in total. The number of aryl methyl sites for hydroxylation is 1. The lowest BCUT2D eigenvalue weighted by Gasteiger charge is -2.15. The summed E-state index contributed by atoms with van der Waals surface area (Å²) in [7, 11) is 0. The third-order valence-corrected chi connectivity index (χ3v) is 5.12. The molecule has 0 aliphatic rings. The number of para-hydroxylation sites is 1. The lowest BCUT2D eigenvalue weighted by molar-refractivity contribution is -0.113. The van der Waals surface area contributed by atoms with E-state index in [1.54, 1.807) is 28.8 Å². The Kier molecular flexibility index (Phi) is 6.66. The molecule has 1 heterocycles. The van der Waals surface area contributed by atoms with Gasteiger partial charge in [0.15, 0.2) is 5.16 Å². The minimum Gasteiger partial charge on any atom is -0.385 e. The van der Waals surface area contributed by atoms with E-state index in [4.69, 9.17) is 11.0 Å². The highest BCUT2D eigenvalue weighted by Crippen LogP contribution is 2.19. The van der Waals surface area contributed by atoms with Crippen molar-refractivity contribution in [1.82, 2.24) is 9.55 Å². The third-order valence-electron chi connectivity index (χ3n) is 4.14. The van der Waals surface area contributed by atoms with Gasteiger partial charge < -0.3 is 15.6 Å². The molecular weight excluding hydrogens is 386 g/mol. The average molecular weight is 405 g/mol. The zero-order chi connectivity index (χ0) is 20.6. The number of nitrogens with two attached hydrogens (primary N) is 1. The van der Waals surface area contributed by atoms with Gasteiger partial charge in [0.2, 0.25) is 5.91 Å². The van der Waals surface area contributed by atoms with Gasteiger partial charge in [0, 0.05) is 12.6 Å². The molecule has 146 valence electrons. The minimum absolute atomic E-state index is 0.0288. The van der Waals surface area contributed by atoms with E-state index in [-0.39, 0.29) is 11.7 Å². The Balaban J connectivity index is 1.70. The van der Waals surface area contributed by atoms with Crippen LogP contribution in [0.4, 0.5) is 11.5 Å². The normalized spacial score (nSPS) is 10.3. The number of anilines is 2. The Morgan fingerprint density at radius 2 is 1.90 bits per heavy atom. The summed E-state index contributed by atoms with van der Waals surface area (Å²) >= 11 is 1.13. The van der Waals surface area contributed by atoms with E-state index in [1.807, 2.05) is 36.4 Å². The standard InChI is InChI=1S/C21H19N5O2S/c22-13-16-8-4-5-9-17(16)24-20(28)14-29-21-25-19(27)12-18(23)26(21)11-10-15-6-2-1-3-7-15/h1-9,12H,10-11,14,23H2,(H,24,28). The van der Waals surface area contributed by atoms with Gasteiger partial charge in [-0.25, -0.2) is 0 Å². The maximum absolute atomic E-state index is 12.3. The van der Waals surface area contributed by atoms with E-state index in [0.29, 0.717) is 35.2 Å². The molecule has 0 saturated heterocycles. The number of thioether (sulfide) groups is 1. The molecule has 3 rings (SSSR count). The highest BCUT2D eigenvalue weighted by Gasteiger charge is 2.12. The van der Waals surface area contributed by atoms with E-state index in [9.17, 15) is 9.59 Å². The van der Waals surface area contributed by atoms with Crippen LogP contribution in [0, 0.1) is 11.3 Å². The number of hydrogen-bond donors (Lipinski definition) is 2. The number of nitriles is 1. The van der Waals surface area contributed by atoms with Crippen LogP contribution in [0.1, 0.15) is 11.1 Å². The fourth-order valence-electron chi connectivity index (χ4n) is 2.73. The second-order valence-corrected chi connectivity index (χ2v) is 7.13. The van der Waals surface area contributed by atoms with E-state index in [2.05, 4.69) is 10.3 Å². The molecular formula is C21H19N5O2S. The molecule has 0 aliphatic carbocycles. The predicted octanol–water partition coefficient (Wildman–Crippen LogP) is 2.67. The predicted molar refractivity (Wildman–Crippen MR) is 114 cm³/mol. The Hall–Kier alpha value is -3.57. The lowest BCUT2D eigenvalue weighted by atomic mass is 10.1. The van der Waals surface area contributed by atoms with Gasteiger partial charge in [0.05, 0.1) is 17.0 Å². The molecule has 0 unspecified atom stereocenters. The number of benzene rings is 2.